The molecule has 0 fully saturated rings. The van der Waals surface area contributed by atoms with Gasteiger partial charge in [0.2, 0.25) is 0 Å². The number of halogens is 1. The number of aryl methyl sites for hydroxylation is 1. The van der Waals surface area contributed by atoms with E-state index in [9.17, 15) is 9.18 Å². The fraction of sp³-hybridized carbons (Fsp3) is 0.0500. The van der Waals surface area contributed by atoms with Crippen LogP contribution in [0.25, 0.3) is 22.2 Å². The van der Waals surface area contributed by atoms with Gasteiger partial charge in [0.05, 0.1) is 5.69 Å². The Morgan fingerprint density at radius 2 is 1.84 bits per heavy atom. The molecule has 0 spiro atoms. The van der Waals surface area contributed by atoms with Crippen molar-refractivity contribution in [1.82, 2.24) is 4.57 Å². The Bertz CT molecular complexity index is 1060. The van der Waals surface area contributed by atoms with Crippen LogP contribution in [0.3, 0.4) is 0 Å². The number of amides is 1. The van der Waals surface area contributed by atoms with Gasteiger partial charge in [-0.3, -0.25) is 4.79 Å². The average Bonchev–Trinajstić information content (AvgIpc) is 3.24. The fourth-order valence-electron chi connectivity index (χ4n) is 2.82. The van der Waals surface area contributed by atoms with Gasteiger partial charge in [-0.15, -0.1) is 0 Å². The molecule has 124 valence electrons. The number of furan rings is 1. The minimum atomic E-state index is -0.329. The van der Waals surface area contributed by atoms with E-state index in [0.29, 0.717) is 11.3 Å². The Balaban J connectivity index is 1.60. The number of aromatic nitrogens is 1. The second-order valence-electron chi connectivity index (χ2n) is 5.79. The van der Waals surface area contributed by atoms with Crippen molar-refractivity contribution in [1.29, 1.82) is 0 Å². The molecule has 4 aromatic rings. The standard InChI is InChI=1S/C20H15FN2O2/c1-23-12-11-15-16(3-2-4-17(15)23)22-20(24)19-10-9-18(25-19)13-5-7-14(21)8-6-13/h2-12H,1H3,(H,22,24). The maximum Gasteiger partial charge on any atom is 0.291 e. The molecule has 4 rings (SSSR count). The quantitative estimate of drug-likeness (QED) is 0.583. The van der Waals surface area contributed by atoms with Gasteiger partial charge in [0.1, 0.15) is 11.6 Å². The molecule has 1 N–H and O–H groups in total. The molecule has 0 unspecified atom stereocenters. The van der Waals surface area contributed by atoms with Gasteiger partial charge in [0.25, 0.3) is 5.91 Å². The Morgan fingerprint density at radius 1 is 1.04 bits per heavy atom. The Labute approximate surface area is 143 Å². The number of carbonyl (C=O) groups is 1. The normalized spacial score (nSPS) is 11.0. The zero-order valence-corrected chi connectivity index (χ0v) is 13.5. The van der Waals surface area contributed by atoms with Gasteiger partial charge >= 0.3 is 0 Å². The molecule has 2 aromatic carbocycles. The van der Waals surface area contributed by atoms with E-state index < -0.39 is 0 Å². The number of anilines is 1. The van der Waals surface area contributed by atoms with Crippen LogP contribution in [0, 0.1) is 5.82 Å². The summed E-state index contributed by atoms with van der Waals surface area (Å²) in [5.41, 5.74) is 2.47. The summed E-state index contributed by atoms with van der Waals surface area (Å²) < 4.78 is 20.6. The smallest absolute Gasteiger partial charge is 0.291 e. The first-order valence-corrected chi connectivity index (χ1v) is 7.83. The topological polar surface area (TPSA) is 47.2 Å². The van der Waals surface area contributed by atoms with Crippen molar-refractivity contribution in [2.24, 2.45) is 7.05 Å². The summed E-state index contributed by atoms with van der Waals surface area (Å²) in [6.07, 6.45) is 1.94. The summed E-state index contributed by atoms with van der Waals surface area (Å²) in [4.78, 5) is 12.5. The van der Waals surface area contributed by atoms with E-state index in [2.05, 4.69) is 5.32 Å². The molecule has 5 heteroatoms. The van der Waals surface area contributed by atoms with Crippen molar-refractivity contribution in [3.8, 4) is 11.3 Å². The molecule has 0 saturated carbocycles. The number of rotatable bonds is 3. The molecule has 4 nitrogen and oxygen atoms in total. The van der Waals surface area contributed by atoms with E-state index in [4.69, 9.17) is 4.42 Å². The summed E-state index contributed by atoms with van der Waals surface area (Å²) in [6.45, 7) is 0. The molecule has 0 bridgehead atoms. The van der Waals surface area contributed by atoms with Gasteiger partial charge in [-0.05, 0) is 54.6 Å². The lowest BCUT2D eigenvalue weighted by atomic mass is 10.2. The third-order valence-corrected chi connectivity index (χ3v) is 4.13. The molecular weight excluding hydrogens is 319 g/mol. The maximum atomic E-state index is 13.0. The monoisotopic (exact) mass is 334 g/mol. The van der Waals surface area contributed by atoms with E-state index in [1.807, 2.05) is 42.1 Å². The Kier molecular flexibility index (Phi) is 3.61. The number of fused-ring (bicyclic) bond motifs is 1. The van der Waals surface area contributed by atoms with Crippen LogP contribution in [-0.2, 0) is 7.05 Å². The molecule has 0 saturated heterocycles. The largest absolute Gasteiger partial charge is 0.451 e. The number of hydrogen-bond acceptors (Lipinski definition) is 2. The molecule has 2 heterocycles. The van der Waals surface area contributed by atoms with Crippen LogP contribution in [-0.4, -0.2) is 10.5 Å². The SMILES string of the molecule is Cn1ccc2c(NC(=O)c3ccc(-c4ccc(F)cc4)o3)cccc21. The third-order valence-electron chi connectivity index (χ3n) is 4.13. The van der Waals surface area contributed by atoms with Gasteiger partial charge in [-0.2, -0.15) is 0 Å². The highest BCUT2D eigenvalue weighted by Gasteiger charge is 2.14. The van der Waals surface area contributed by atoms with E-state index in [0.717, 1.165) is 16.6 Å². The first kappa shape index (κ1) is 15.2. The minimum absolute atomic E-state index is 0.201. The average molecular weight is 334 g/mol. The number of carbonyl (C=O) groups excluding carboxylic acids is 1. The lowest BCUT2D eigenvalue weighted by molar-refractivity contribution is 0.0997. The van der Waals surface area contributed by atoms with Crippen LogP contribution >= 0.6 is 0 Å². The highest BCUT2D eigenvalue weighted by atomic mass is 19.1. The van der Waals surface area contributed by atoms with Crippen molar-refractivity contribution in [2.45, 2.75) is 0 Å². The summed E-state index contributed by atoms with van der Waals surface area (Å²) in [5, 5.41) is 3.84. The zero-order valence-electron chi connectivity index (χ0n) is 13.5. The first-order valence-electron chi connectivity index (χ1n) is 7.83. The zero-order chi connectivity index (χ0) is 17.4. The van der Waals surface area contributed by atoms with Crippen LogP contribution in [0.2, 0.25) is 0 Å². The lowest BCUT2D eigenvalue weighted by Crippen LogP contribution is -2.11. The van der Waals surface area contributed by atoms with Gasteiger partial charge in [0.15, 0.2) is 5.76 Å². The molecule has 0 aliphatic rings. The van der Waals surface area contributed by atoms with Crippen LogP contribution in [0.1, 0.15) is 10.6 Å². The molecule has 2 aromatic heterocycles. The molecule has 1 amide bonds. The molecule has 0 aliphatic carbocycles. The Hall–Kier alpha value is -3.34. The molecule has 0 radical (unpaired) electrons. The third kappa shape index (κ3) is 2.80. The number of benzene rings is 2. The predicted molar refractivity (Wildman–Crippen MR) is 95.0 cm³/mol. The van der Waals surface area contributed by atoms with Crippen molar-refractivity contribution in [3.63, 3.8) is 0 Å². The van der Waals surface area contributed by atoms with Gasteiger partial charge in [0, 0.05) is 29.7 Å². The second kappa shape index (κ2) is 5.94. The van der Waals surface area contributed by atoms with Crippen molar-refractivity contribution >= 4 is 22.5 Å². The maximum absolute atomic E-state index is 13.0. The fourth-order valence-corrected chi connectivity index (χ4v) is 2.82. The van der Waals surface area contributed by atoms with Gasteiger partial charge in [-0.25, -0.2) is 4.39 Å². The van der Waals surface area contributed by atoms with E-state index in [1.54, 1.807) is 24.3 Å². The van der Waals surface area contributed by atoms with E-state index in [-0.39, 0.29) is 17.5 Å². The van der Waals surface area contributed by atoms with Gasteiger partial charge < -0.3 is 14.3 Å². The molecule has 0 aliphatic heterocycles. The van der Waals surface area contributed by atoms with Gasteiger partial charge in [-0.1, -0.05) is 6.07 Å². The van der Waals surface area contributed by atoms with Crippen LogP contribution in [0.15, 0.2) is 71.3 Å². The predicted octanol–water partition coefficient (Wildman–Crippen LogP) is 4.83. The Morgan fingerprint density at radius 3 is 2.64 bits per heavy atom. The first-order chi connectivity index (χ1) is 12.1. The summed E-state index contributed by atoms with van der Waals surface area (Å²) in [7, 11) is 1.95. The number of hydrogen-bond donors (Lipinski definition) is 1. The van der Waals surface area contributed by atoms with E-state index in [1.165, 1.54) is 12.1 Å². The highest BCUT2D eigenvalue weighted by Crippen LogP contribution is 2.26. The second-order valence-corrected chi connectivity index (χ2v) is 5.79. The molecule has 0 atom stereocenters. The van der Waals surface area contributed by atoms with Crippen molar-refractivity contribution in [2.75, 3.05) is 5.32 Å². The molecule has 25 heavy (non-hydrogen) atoms. The summed E-state index contributed by atoms with van der Waals surface area (Å²) in [6, 6.07) is 16.9. The summed E-state index contributed by atoms with van der Waals surface area (Å²) >= 11 is 0. The van der Waals surface area contributed by atoms with Crippen LogP contribution in [0.4, 0.5) is 10.1 Å². The number of nitrogens with zero attached hydrogens (tertiary/aromatic N) is 1. The highest BCUT2D eigenvalue weighted by molar-refractivity contribution is 6.07. The molecular formula is C20H15FN2O2. The van der Waals surface area contributed by atoms with Crippen LogP contribution < -0.4 is 5.32 Å². The lowest BCUT2D eigenvalue weighted by Gasteiger charge is -2.05. The summed E-state index contributed by atoms with van der Waals surface area (Å²) in [5.74, 6) is 0.0734. The minimum Gasteiger partial charge on any atom is -0.451 e. The number of nitrogens with one attached hydrogen (secondary N) is 1. The van der Waals surface area contributed by atoms with Crippen molar-refractivity contribution in [3.05, 3.63) is 78.4 Å². The van der Waals surface area contributed by atoms with E-state index >= 15 is 0 Å². The van der Waals surface area contributed by atoms with Crippen molar-refractivity contribution < 1.29 is 13.6 Å². The van der Waals surface area contributed by atoms with Crippen LogP contribution in [0.5, 0.6) is 0 Å².